The van der Waals surface area contributed by atoms with Crippen LogP contribution in [0.4, 0.5) is 5.13 Å². The van der Waals surface area contributed by atoms with Crippen LogP contribution < -0.4 is 11.1 Å². The van der Waals surface area contributed by atoms with Gasteiger partial charge in [0.15, 0.2) is 0 Å². The third-order valence-corrected chi connectivity index (χ3v) is 2.59. The molecule has 0 bridgehead atoms. The number of aryl methyl sites for hydroxylation is 1. The molecule has 4 nitrogen and oxygen atoms in total. The fraction of sp³-hybridized carbons (Fsp3) is 0.750. The Morgan fingerprint density at radius 2 is 2.15 bits per heavy atom. The third kappa shape index (κ3) is 3.28. The highest BCUT2D eigenvalue weighted by atomic mass is 32.1. The van der Waals surface area contributed by atoms with E-state index in [9.17, 15) is 0 Å². The maximum atomic E-state index is 5.60. The van der Waals surface area contributed by atoms with Crippen LogP contribution in [0, 0.1) is 12.3 Å². The van der Waals surface area contributed by atoms with Crippen molar-refractivity contribution in [1.29, 1.82) is 0 Å². The van der Waals surface area contributed by atoms with Crippen molar-refractivity contribution < 1.29 is 0 Å². The van der Waals surface area contributed by atoms with Gasteiger partial charge in [0.25, 0.3) is 0 Å². The maximum Gasteiger partial charge on any atom is 0.205 e. The quantitative estimate of drug-likeness (QED) is 0.767. The largest absolute Gasteiger partial charge is 0.359 e. The summed E-state index contributed by atoms with van der Waals surface area (Å²) in [4.78, 5) is 0. The van der Waals surface area contributed by atoms with Gasteiger partial charge in [-0.1, -0.05) is 25.2 Å². The molecule has 0 amide bonds. The van der Waals surface area contributed by atoms with E-state index in [1.165, 1.54) is 0 Å². The number of hydrogen-bond donors (Lipinski definition) is 2. The molecule has 0 aliphatic heterocycles. The van der Waals surface area contributed by atoms with Gasteiger partial charge >= 0.3 is 0 Å². The van der Waals surface area contributed by atoms with Crippen LogP contribution in [0.15, 0.2) is 0 Å². The lowest BCUT2D eigenvalue weighted by molar-refractivity contribution is 0.405. The van der Waals surface area contributed by atoms with Crippen LogP contribution in [0.2, 0.25) is 0 Å². The van der Waals surface area contributed by atoms with Gasteiger partial charge in [-0.15, -0.1) is 10.2 Å². The van der Waals surface area contributed by atoms with Gasteiger partial charge in [-0.3, -0.25) is 0 Å². The van der Waals surface area contributed by atoms with E-state index in [1.807, 2.05) is 6.92 Å². The van der Waals surface area contributed by atoms with Crippen LogP contribution in [0.25, 0.3) is 0 Å². The molecule has 0 aliphatic rings. The normalized spacial score (nSPS) is 11.7. The molecule has 0 unspecified atom stereocenters. The average molecular weight is 200 g/mol. The molecule has 1 aromatic heterocycles. The zero-order valence-corrected chi connectivity index (χ0v) is 9.11. The Labute approximate surface area is 82.6 Å². The summed E-state index contributed by atoms with van der Waals surface area (Å²) >= 11 is 1.56. The van der Waals surface area contributed by atoms with Crippen LogP contribution in [0.5, 0.6) is 0 Å². The van der Waals surface area contributed by atoms with E-state index in [-0.39, 0.29) is 5.41 Å². The molecule has 0 saturated carbocycles. The van der Waals surface area contributed by atoms with Crippen molar-refractivity contribution in [3.8, 4) is 0 Å². The molecule has 74 valence electrons. The van der Waals surface area contributed by atoms with E-state index >= 15 is 0 Å². The van der Waals surface area contributed by atoms with E-state index < -0.39 is 0 Å². The molecule has 0 radical (unpaired) electrons. The van der Waals surface area contributed by atoms with Crippen LogP contribution >= 0.6 is 11.3 Å². The van der Waals surface area contributed by atoms with Crippen LogP contribution in [0.1, 0.15) is 18.9 Å². The number of nitrogens with zero attached hydrogens (tertiary/aromatic N) is 2. The van der Waals surface area contributed by atoms with Crippen LogP contribution in [-0.4, -0.2) is 23.3 Å². The number of nitrogens with two attached hydrogens (primary N) is 1. The van der Waals surface area contributed by atoms with Gasteiger partial charge < -0.3 is 11.1 Å². The lowest BCUT2D eigenvalue weighted by Gasteiger charge is -2.21. The first-order valence-electron chi connectivity index (χ1n) is 4.27. The minimum absolute atomic E-state index is 0.111. The van der Waals surface area contributed by atoms with Crippen LogP contribution in [-0.2, 0) is 0 Å². The van der Waals surface area contributed by atoms with Gasteiger partial charge in [0, 0.05) is 6.54 Å². The fourth-order valence-corrected chi connectivity index (χ4v) is 1.34. The summed E-state index contributed by atoms with van der Waals surface area (Å²) in [6.45, 7) is 7.68. The monoisotopic (exact) mass is 200 g/mol. The van der Waals surface area contributed by atoms with Crippen molar-refractivity contribution in [2.75, 3.05) is 18.4 Å². The van der Waals surface area contributed by atoms with E-state index in [0.29, 0.717) is 6.54 Å². The Kier molecular flexibility index (Phi) is 3.22. The number of anilines is 1. The Balaban J connectivity index is 2.43. The molecule has 1 aromatic rings. The summed E-state index contributed by atoms with van der Waals surface area (Å²) in [5.41, 5.74) is 5.71. The van der Waals surface area contributed by atoms with Gasteiger partial charge in [-0.2, -0.15) is 0 Å². The van der Waals surface area contributed by atoms with E-state index in [1.54, 1.807) is 11.3 Å². The first-order chi connectivity index (χ1) is 6.03. The second kappa shape index (κ2) is 4.02. The molecule has 1 rings (SSSR count). The van der Waals surface area contributed by atoms with Gasteiger partial charge in [0.05, 0.1) is 0 Å². The molecule has 0 spiro atoms. The standard InChI is InChI=1S/C8H16N4S/c1-6-11-12-7(13-6)10-5-8(2,3)4-9/h4-5,9H2,1-3H3,(H,10,12). The molecule has 1 heterocycles. The van der Waals surface area contributed by atoms with Gasteiger partial charge in [-0.25, -0.2) is 0 Å². The minimum Gasteiger partial charge on any atom is -0.359 e. The lowest BCUT2D eigenvalue weighted by atomic mass is 9.94. The molecule has 5 heteroatoms. The first kappa shape index (κ1) is 10.4. The first-order valence-corrected chi connectivity index (χ1v) is 5.09. The van der Waals surface area contributed by atoms with Crippen molar-refractivity contribution in [1.82, 2.24) is 10.2 Å². The van der Waals surface area contributed by atoms with Gasteiger partial charge in [0.2, 0.25) is 5.13 Å². The Morgan fingerprint density at radius 1 is 1.46 bits per heavy atom. The van der Waals surface area contributed by atoms with E-state index in [2.05, 4.69) is 29.4 Å². The summed E-state index contributed by atoms with van der Waals surface area (Å²) < 4.78 is 0. The summed E-state index contributed by atoms with van der Waals surface area (Å²) in [7, 11) is 0. The molecule has 0 atom stereocenters. The van der Waals surface area contributed by atoms with Crippen molar-refractivity contribution in [2.24, 2.45) is 11.1 Å². The number of nitrogens with one attached hydrogen (secondary N) is 1. The highest BCUT2D eigenvalue weighted by Crippen LogP contribution is 2.17. The number of hydrogen-bond acceptors (Lipinski definition) is 5. The summed E-state index contributed by atoms with van der Waals surface area (Å²) in [5, 5.41) is 13.0. The van der Waals surface area contributed by atoms with E-state index in [0.717, 1.165) is 16.7 Å². The Bertz CT molecular complexity index is 269. The second-order valence-electron chi connectivity index (χ2n) is 3.85. The summed E-state index contributed by atoms with van der Waals surface area (Å²) in [6, 6.07) is 0. The molecule has 13 heavy (non-hydrogen) atoms. The zero-order chi connectivity index (χ0) is 9.90. The molecular formula is C8H16N4S. The molecule has 0 aromatic carbocycles. The second-order valence-corrected chi connectivity index (χ2v) is 5.03. The minimum atomic E-state index is 0.111. The highest BCUT2D eigenvalue weighted by Gasteiger charge is 2.15. The van der Waals surface area contributed by atoms with Crippen LogP contribution in [0.3, 0.4) is 0 Å². The summed E-state index contributed by atoms with van der Waals surface area (Å²) in [5.74, 6) is 0. The fourth-order valence-electron chi connectivity index (χ4n) is 0.755. The predicted octanol–water partition coefficient (Wildman–Crippen LogP) is 1.24. The summed E-state index contributed by atoms with van der Waals surface area (Å²) in [6.07, 6.45) is 0. The zero-order valence-electron chi connectivity index (χ0n) is 8.29. The Morgan fingerprint density at radius 3 is 2.62 bits per heavy atom. The number of rotatable bonds is 4. The molecule has 0 saturated heterocycles. The molecule has 0 fully saturated rings. The molecular weight excluding hydrogens is 184 g/mol. The predicted molar refractivity (Wildman–Crippen MR) is 56.0 cm³/mol. The topological polar surface area (TPSA) is 63.8 Å². The average Bonchev–Trinajstić information content (AvgIpc) is 2.48. The van der Waals surface area contributed by atoms with E-state index in [4.69, 9.17) is 5.73 Å². The van der Waals surface area contributed by atoms with Crippen molar-refractivity contribution in [2.45, 2.75) is 20.8 Å². The Hall–Kier alpha value is -0.680. The SMILES string of the molecule is Cc1nnc(NCC(C)(C)CN)s1. The van der Waals surface area contributed by atoms with Gasteiger partial charge in [-0.05, 0) is 18.9 Å². The number of aromatic nitrogens is 2. The van der Waals surface area contributed by atoms with Crippen molar-refractivity contribution >= 4 is 16.5 Å². The molecule has 3 N–H and O–H groups in total. The highest BCUT2D eigenvalue weighted by molar-refractivity contribution is 7.15. The maximum absolute atomic E-state index is 5.60. The van der Waals surface area contributed by atoms with Crippen molar-refractivity contribution in [3.63, 3.8) is 0 Å². The smallest absolute Gasteiger partial charge is 0.205 e. The van der Waals surface area contributed by atoms with Gasteiger partial charge in [0.1, 0.15) is 5.01 Å². The lowest BCUT2D eigenvalue weighted by Crippen LogP contribution is -2.31. The third-order valence-electron chi connectivity index (χ3n) is 1.80. The van der Waals surface area contributed by atoms with Crippen molar-refractivity contribution in [3.05, 3.63) is 5.01 Å². The molecule has 0 aliphatic carbocycles.